The Morgan fingerprint density at radius 1 is 1.27 bits per heavy atom. The lowest BCUT2D eigenvalue weighted by molar-refractivity contribution is -0.124. The summed E-state index contributed by atoms with van der Waals surface area (Å²) in [6.45, 7) is 1.97. The van der Waals surface area contributed by atoms with Gasteiger partial charge in [0.1, 0.15) is 12.6 Å². The van der Waals surface area contributed by atoms with E-state index in [1.54, 1.807) is 0 Å². The molecule has 2 amide bonds. The van der Waals surface area contributed by atoms with Gasteiger partial charge in [0, 0.05) is 6.54 Å². The third-order valence-corrected chi connectivity index (χ3v) is 3.32. The average molecular weight is 308 g/mol. The van der Waals surface area contributed by atoms with Crippen LogP contribution in [-0.2, 0) is 16.1 Å². The highest BCUT2D eigenvalue weighted by Crippen LogP contribution is 2.09. The molecule has 6 heteroatoms. The monoisotopic (exact) mass is 308 g/mol. The molecule has 0 saturated heterocycles. The number of unbranched alkanes of at least 4 members (excludes halogenated alkanes) is 2. The van der Waals surface area contributed by atoms with E-state index in [1.807, 2.05) is 37.3 Å². The smallest absolute Gasteiger partial charge is 0.410 e. The van der Waals surface area contributed by atoms with E-state index in [-0.39, 0.29) is 6.61 Å². The molecule has 1 atom stereocenters. The van der Waals surface area contributed by atoms with Crippen molar-refractivity contribution in [1.82, 2.24) is 4.90 Å². The minimum absolute atomic E-state index is 0.112. The summed E-state index contributed by atoms with van der Waals surface area (Å²) >= 11 is 0. The van der Waals surface area contributed by atoms with Crippen molar-refractivity contribution in [2.45, 2.75) is 38.8 Å². The molecule has 0 heterocycles. The van der Waals surface area contributed by atoms with Crippen LogP contribution in [0.2, 0.25) is 0 Å². The lowest BCUT2D eigenvalue weighted by Gasteiger charge is -2.27. The quantitative estimate of drug-likeness (QED) is 0.679. The fourth-order valence-electron chi connectivity index (χ4n) is 2.05. The standard InChI is InChI=1S/C16H24N2O4/c1-2-3-7-10-18(14(11-19)15(17)20)16(21)22-12-13-8-5-4-6-9-13/h4-6,8-9,14,19H,2-3,7,10-12H2,1H3,(H2,17,20)/t14-/m0/s1. The van der Waals surface area contributed by atoms with Crippen LogP contribution in [0.15, 0.2) is 30.3 Å². The van der Waals surface area contributed by atoms with E-state index >= 15 is 0 Å². The van der Waals surface area contributed by atoms with Crippen LogP contribution in [0.1, 0.15) is 31.7 Å². The van der Waals surface area contributed by atoms with Gasteiger partial charge >= 0.3 is 6.09 Å². The number of amides is 2. The molecule has 1 rings (SSSR count). The van der Waals surface area contributed by atoms with Crippen molar-refractivity contribution in [2.75, 3.05) is 13.2 Å². The van der Waals surface area contributed by atoms with Crippen LogP contribution in [0.5, 0.6) is 0 Å². The van der Waals surface area contributed by atoms with Crippen LogP contribution in [0.25, 0.3) is 0 Å². The number of aliphatic hydroxyl groups excluding tert-OH is 1. The Morgan fingerprint density at radius 3 is 2.50 bits per heavy atom. The van der Waals surface area contributed by atoms with Gasteiger partial charge in [0.2, 0.25) is 5.91 Å². The number of aliphatic hydroxyl groups is 1. The zero-order chi connectivity index (χ0) is 16.4. The minimum atomic E-state index is -1.06. The molecule has 0 unspecified atom stereocenters. The molecule has 0 aliphatic heterocycles. The molecule has 122 valence electrons. The van der Waals surface area contributed by atoms with Crippen LogP contribution >= 0.6 is 0 Å². The first-order chi connectivity index (χ1) is 10.6. The van der Waals surface area contributed by atoms with Crippen LogP contribution < -0.4 is 5.73 Å². The largest absolute Gasteiger partial charge is 0.445 e. The van der Waals surface area contributed by atoms with Crippen molar-refractivity contribution in [2.24, 2.45) is 5.73 Å². The van der Waals surface area contributed by atoms with Crippen molar-refractivity contribution >= 4 is 12.0 Å². The second-order valence-electron chi connectivity index (χ2n) is 5.04. The normalized spacial score (nSPS) is 11.7. The molecular weight excluding hydrogens is 284 g/mol. The Bertz CT molecular complexity index is 464. The summed E-state index contributed by atoms with van der Waals surface area (Å²) in [5.74, 6) is -0.740. The van der Waals surface area contributed by atoms with Gasteiger partial charge in [0.15, 0.2) is 0 Å². The van der Waals surface area contributed by atoms with E-state index in [9.17, 15) is 14.7 Å². The van der Waals surface area contributed by atoms with E-state index in [4.69, 9.17) is 10.5 Å². The predicted octanol–water partition coefficient (Wildman–Crippen LogP) is 1.66. The number of hydrogen-bond donors (Lipinski definition) is 2. The summed E-state index contributed by atoms with van der Waals surface area (Å²) in [6.07, 6.45) is 1.98. The van der Waals surface area contributed by atoms with Crippen molar-refractivity contribution in [1.29, 1.82) is 0 Å². The van der Waals surface area contributed by atoms with E-state index in [0.717, 1.165) is 24.8 Å². The first-order valence-corrected chi connectivity index (χ1v) is 7.47. The van der Waals surface area contributed by atoms with Gasteiger partial charge in [-0.1, -0.05) is 50.1 Å². The number of hydrogen-bond acceptors (Lipinski definition) is 4. The summed E-state index contributed by atoms with van der Waals surface area (Å²) in [5.41, 5.74) is 6.10. The maximum Gasteiger partial charge on any atom is 0.410 e. The average Bonchev–Trinajstić information content (AvgIpc) is 2.52. The van der Waals surface area contributed by atoms with Gasteiger partial charge in [-0.3, -0.25) is 9.69 Å². The minimum Gasteiger partial charge on any atom is -0.445 e. The Hall–Kier alpha value is -2.08. The molecular formula is C16H24N2O4. The number of ether oxygens (including phenoxy) is 1. The van der Waals surface area contributed by atoms with Gasteiger partial charge in [-0.15, -0.1) is 0 Å². The van der Waals surface area contributed by atoms with Gasteiger partial charge in [-0.05, 0) is 12.0 Å². The molecule has 22 heavy (non-hydrogen) atoms. The van der Waals surface area contributed by atoms with E-state index < -0.39 is 24.6 Å². The van der Waals surface area contributed by atoms with E-state index in [0.29, 0.717) is 6.54 Å². The Balaban J connectivity index is 2.67. The van der Waals surface area contributed by atoms with Crippen molar-refractivity contribution in [3.63, 3.8) is 0 Å². The highest BCUT2D eigenvalue weighted by molar-refractivity contribution is 5.84. The third kappa shape index (κ3) is 5.73. The van der Waals surface area contributed by atoms with Gasteiger partial charge in [0.25, 0.3) is 0 Å². The lowest BCUT2D eigenvalue weighted by atomic mass is 10.2. The second kappa shape index (κ2) is 9.78. The summed E-state index contributed by atoms with van der Waals surface area (Å²) in [5, 5.41) is 9.31. The molecule has 0 aliphatic rings. The molecule has 0 saturated carbocycles. The number of benzene rings is 1. The van der Waals surface area contributed by atoms with Gasteiger partial charge in [-0.25, -0.2) is 4.79 Å². The fraction of sp³-hybridized carbons (Fsp3) is 0.500. The maximum atomic E-state index is 12.2. The molecule has 0 aliphatic carbocycles. The number of carbonyl (C=O) groups is 2. The molecule has 0 aromatic heterocycles. The SMILES string of the molecule is CCCCCN(C(=O)OCc1ccccc1)[C@@H](CO)C(N)=O. The fourth-order valence-corrected chi connectivity index (χ4v) is 2.05. The molecule has 0 spiro atoms. The maximum absolute atomic E-state index is 12.2. The highest BCUT2D eigenvalue weighted by atomic mass is 16.6. The molecule has 1 aromatic rings. The second-order valence-corrected chi connectivity index (χ2v) is 5.04. The first kappa shape index (κ1) is 18.0. The van der Waals surface area contributed by atoms with Gasteiger partial charge in [0.05, 0.1) is 6.61 Å². The molecule has 1 aromatic carbocycles. The molecule has 0 fully saturated rings. The van der Waals surface area contributed by atoms with Crippen LogP contribution in [-0.4, -0.2) is 41.2 Å². The van der Waals surface area contributed by atoms with Crippen molar-refractivity contribution in [3.05, 3.63) is 35.9 Å². The molecule has 3 N–H and O–H groups in total. The first-order valence-electron chi connectivity index (χ1n) is 7.47. The number of nitrogens with zero attached hydrogens (tertiary/aromatic N) is 1. The number of nitrogens with two attached hydrogens (primary N) is 1. The van der Waals surface area contributed by atoms with Gasteiger partial charge < -0.3 is 15.6 Å². The lowest BCUT2D eigenvalue weighted by Crippen LogP contribution is -2.50. The Labute approximate surface area is 130 Å². The Kier molecular flexibility index (Phi) is 7.99. The molecule has 0 radical (unpaired) electrons. The third-order valence-electron chi connectivity index (χ3n) is 3.32. The van der Waals surface area contributed by atoms with Gasteiger partial charge in [-0.2, -0.15) is 0 Å². The Morgan fingerprint density at radius 2 is 1.95 bits per heavy atom. The summed E-state index contributed by atoms with van der Waals surface area (Å²) in [6, 6.07) is 8.19. The number of carbonyl (C=O) groups excluding carboxylic acids is 2. The summed E-state index contributed by atoms with van der Waals surface area (Å²) in [4.78, 5) is 24.8. The van der Waals surface area contributed by atoms with Crippen LogP contribution in [0, 0.1) is 0 Å². The zero-order valence-electron chi connectivity index (χ0n) is 12.9. The predicted molar refractivity (Wildman–Crippen MR) is 82.9 cm³/mol. The highest BCUT2D eigenvalue weighted by Gasteiger charge is 2.28. The molecule has 0 bridgehead atoms. The van der Waals surface area contributed by atoms with Crippen LogP contribution in [0.4, 0.5) is 4.79 Å². The van der Waals surface area contributed by atoms with E-state index in [1.165, 1.54) is 4.90 Å². The number of primary amides is 1. The van der Waals surface area contributed by atoms with Crippen molar-refractivity contribution in [3.8, 4) is 0 Å². The van der Waals surface area contributed by atoms with Crippen molar-refractivity contribution < 1.29 is 19.4 Å². The molecule has 6 nitrogen and oxygen atoms in total. The summed E-state index contributed by atoms with van der Waals surface area (Å²) < 4.78 is 5.22. The topological polar surface area (TPSA) is 92.9 Å². The zero-order valence-corrected chi connectivity index (χ0v) is 12.9. The summed E-state index contributed by atoms with van der Waals surface area (Å²) in [7, 11) is 0. The van der Waals surface area contributed by atoms with Crippen LogP contribution in [0.3, 0.4) is 0 Å². The number of rotatable bonds is 9. The van der Waals surface area contributed by atoms with E-state index in [2.05, 4.69) is 0 Å².